The number of aryl methyl sites for hydroxylation is 1. The van der Waals surface area contributed by atoms with Gasteiger partial charge in [0.1, 0.15) is 18.2 Å². The number of benzene rings is 1. The van der Waals surface area contributed by atoms with Gasteiger partial charge in [-0.1, -0.05) is 6.07 Å². The third-order valence-electron chi connectivity index (χ3n) is 3.15. The summed E-state index contributed by atoms with van der Waals surface area (Å²) in [6.07, 6.45) is 5.81. The summed E-state index contributed by atoms with van der Waals surface area (Å²) < 4.78 is 13.0. The molecule has 0 spiro atoms. The summed E-state index contributed by atoms with van der Waals surface area (Å²) >= 11 is 0. The minimum atomic E-state index is 0.578. The molecule has 0 radical (unpaired) electrons. The molecule has 0 saturated heterocycles. The van der Waals surface area contributed by atoms with Crippen molar-refractivity contribution in [1.82, 2.24) is 19.7 Å². The van der Waals surface area contributed by atoms with E-state index in [4.69, 9.17) is 9.47 Å². The van der Waals surface area contributed by atoms with E-state index in [-0.39, 0.29) is 0 Å². The molecule has 0 N–H and O–H groups in total. The zero-order valence-corrected chi connectivity index (χ0v) is 11.8. The average Bonchev–Trinajstić information content (AvgIpc) is 3.04. The third-order valence-corrected chi connectivity index (χ3v) is 3.15. The van der Waals surface area contributed by atoms with Gasteiger partial charge in [-0.15, -0.1) is 0 Å². The van der Waals surface area contributed by atoms with E-state index in [0.29, 0.717) is 18.1 Å². The second-order valence-corrected chi connectivity index (χ2v) is 4.53. The van der Waals surface area contributed by atoms with Gasteiger partial charge < -0.3 is 9.47 Å². The monoisotopic (exact) mass is 284 g/mol. The number of aromatic nitrogens is 4. The molecule has 6 nitrogen and oxygen atoms in total. The van der Waals surface area contributed by atoms with Crippen molar-refractivity contribution in [2.75, 3.05) is 13.7 Å². The number of rotatable bonds is 6. The Morgan fingerprint density at radius 2 is 2.19 bits per heavy atom. The van der Waals surface area contributed by atoms with Gasteiger partial charge in [-0.05, 0) is 18.2 Å². The SMILES string of the molecule is COc1c(OCCCn2cncn2)ccc2cccnc12. The van der Waals surface area contributed by atoms with Gasteiger partial charge in [-0.3, -0.25) is 9.67 Å². The van der Waals surface area contributed by atoms with Crippen LogP contribution in [0.1, 0.15) is 6.42 Å². The van der Waals surface area contributed by atoms with Gasteiger partial charge in [0.2, 0.25) is 0 Å². The molecular weight excluding hydrogens is 268 g/mol. The molecule has 21 heavy (non-hydrogen) atoms. The summed E-state index contributed by atoms with van der Waals surface area (Å²) in [7, 11) is 1.63. The summed E-state index contributed by atoms with van der Waals surface area (Å²) in [6, 6.07) is 7.80. The standard InChI is InChI=1S/C15H16N4O2/c1-20-15-13(6-5-12-4-2-7-17-14(12)15)21-9-3-8-19-11-16-10-18-19/h2,4-7,10-11H,3,8-9H2,1H3. The van der Waals surface area contributed by atoms with Crippen LogP contribution in [0, 0.1) is 0 Å². The Morgan fingerprint density at radius 3 is 3.00 bits per heavy atom. The van der Waals surface area contributed by atoms with Crippen LogP contribution in [0.3, 0.4) is 0 Å². The summed E-state index contributed by atoms with van der Waals surface area (Å²) in [5.41, 5.74) is 0.814. The molecule has 0 bridgehead atoms. The summed E-state index contributed by atoms with van der Waals surface area (Å²) in [5.74, 6) is 1.39. The van der Waals surface area contributed by atoms with Crippen LogP contribution in [0.25, 0.3) is 10.9 Å². The van der Waals surface area contributed by atoms with Crippen LogP contribution in [0.5, 0.6) is 11.5 Å². The van der Waals surface area contributed by atoms with Gasteiger partial charge in [-0.25, -0.2) is 4.98 Å². The van der Waals surface area contributed by atoms with Crippen molar-refractivity contribution in [3.05, 3.63) is 43.1 Å². The van der Waals surface area contributed by atoms with Gasteiger partial charge in [0.15, 0.2) is 11.5 Å². The second-order valence-electron chi connectivity index (χ2n) is 4.53. The van der Waals surface area contributed by atoms with Gasteiger partial charge >= 0.3 is 0 Å². The number of hydrogen-bond donors (Lipinski definition) is 0. The Kier molecular flexibility index (Phi) is 3.95. The Labute approximate surface area is 122 Å². The fourth-order valence-electron chi connectivity index (χ4n) is 2.17. The lowest BCUT2D eigenvalue weighted by molar-refractivity contribution is 0.281. The van der Waals surface area contributed by atoms with Crippen molar-refractivity contribution in [2.24, 2.45) is 0 Å². The Bertz CT molecular complexity index is 713. The number of nitrogens with zero attached hydrogens (tertiary/aromatic N) is 4. The lowest BCUT2D eigenvalue weighted by atomic mass is 10.2. The smallest absolute Gasteiger partial charge is 0.187 e. The lowest BCUT2D eigenvalue weighted by Gasteiger charge is -2.12. The molecule has 0 aliphatic heterocycles. The first kappa shape index (κ1) is 13.4. The van der Waals surface area contributed by atoms with Crippen molar-refractivity contribution in [3.63, 3.8) is 0 Å². The zero-order chi connectivity index (χ0) is 14.5. The highest BCUT2D eigenvalue weighted by atomic mass is 16.5. The molecule has 0 saturated carbocycles. The van der Waals surface area contributed by atoms with Gasteiger partial charge in [0.25, 0.3) is 0 Å². The van der Waals surface area contributed by atoms with Gasteiger partial charge in [0.05, 0.1) is 13.7 Å². The first-order valence-electron chi connectivity index (χ1n) is 6.75. The van der Waals surface area contributed by atoms with Crippen molar-refractivity contribution in [3.8, 4) is 11.5 Å². The van der Waals surface area contributed by atoms with Crippen LogP contribution in [-0.4, -0.2) is 33.5 Å². The highest BCUT2D eigenvalue weighted by molar-refractivity contribution is 5.86. The normalized spacial score (nSPS) is 10.7. The van der Waals surface area contributed by atoms with E-state index in [2.05, 4.69) is 15.1 Å². The molecule has 0 unspecified atom stereocenters. The maximum absolute atomic E-state index is 5.81. The minimum Gasteiger partial charge on any atom is -0.491 e. The van der Waals surface area contributed by atoms with Crippen molar-refractivity contribution in [2.45, 2.75) is 13.0 Å². The fourth-order valence-corrected chi connectivity index (χ4v) is 2.17. The molecule has 2 aromatic heterocycles. The summed E-state index contributed by atoms with van der Waals surface area (Å²) in [6.45, 7) is 1.35. The van der Waals surface area contributed by atoms with Gasteiger partial charge in [0, 0.05) is 24.5 Å². The Hall–Kier alpha value is -2.63. The van der Waals surface area contributed by atoms with Crippen LogP contribution in [-0.2, 0) is 6.54 Å². The zero-order valence-electron chi connectivity index (χ0n) is 11.8. The number of hydrogen-bond acceptors (Lipinski definition) is 5. The van der Waals surface area contributed by atoms with E-state index < -0.39 is 0 Å². The van der Waals surface area contributed by atoms with E-state index in [1.807, 2.05) is 24.3 Å². The van der Waals surface area contributed by atoms with Crippen molar-refractivity contribution in [1.29, 1.82) is 0 Å². The molecule has 0 aliphatic carbocycles. The number of ether oxygens (including phenoxy) is 2. The van der Waals surface area contributed by atoms with Crippen LogP contribution < -0.4 is 9.47 Å². The van der Waals surface area contributed by atoms with E-state index in [1.54, 1.807) is 24.3 Å². The molecule has 0 atom stereocenters. The molecule has 108 valence electrons. The summed E-state index contributed by atoms with van der Waals surface area (Å²) in [5, 5.41) is 5.08. The predicted octanol–water partition coefficient (Wildman–Crippen LogP) is 2.30. The molecule has 6 heteroatoms. The molecule has 1 aromatic carbocycles. The molecule has 3 rings (SSSR count). The topological polar surface area (TPSA) is 62.1 Å². The average molecular weight is 284 g/mol. The number of fused-ring (bicyclic) bond motifs is 1. The predicted molar refractivity (Wildman–Crippen MR) is 78.4 cm³/mol. The van der Waals surface area contributed by atoms with E-state index in [1.165, 1.54) is 6.33 Å². The van der Waals surface area contributed by atoms with E-state index in [0.717, 1.165) is 23.9 Å². The molecule has 2 heterocycles. The highest BCUT2D eigenvalue weighted by Gasteiger charge is 2.10. The molecule has 0 aliphatic rings. The Balaban J connectivity index is 1.68. The van der Waals surface area contributed by atoms with Crippen LogP contribution in [0.4, 0.5) is 0 Å². The molecule has 3 aromatic rings. The van der Waals surface area contributed by atoms with E-state index in [9.17, 15) is 0 Å². The summed E-state index contributed by atoms with van der Waals surface area (Å²) in [4.78, 5) is 8.26. The molecular formula is C15H16N4O2. The fraction of sp³-hybridized carbons (Fsp3) is 0.267. The first-order chi connectivity index (χ1) is 10.4. The minimum absolute atomic E-state index is 0.578. The second kappa shape index (κ2) is 6.21. The van der Waals surface area contributed by atoms with Crippen LogP contribution in [0.15, 0.2) is 43.1 Å². The highest BCUT2D eigenvalue weighted by Crippen LogP contribution is 2.33. The largest absolute Gasteiger partial charge is 0.491 e. The maximum atomic E-state index is 5.81. The van der Waals surface area contributed by atoms with Crippen molar-refractivity contribution < 1.29 is 9.47 Å². The Morgan fingerprint density at radius 1 is 1.24 bits per heavy atom. The first-order valence-corrected chi connectivity index (χ1v) is 6.75. The van der Waals surface area contributed by atoms with Crippen molar-refractivity contribution >= 4 is 10.9 Å². The number of pyridine rings is 1. The lowest BCUT2D eigenvalue weighted by Crippen LogP contribution is -2.05. The van der Waals surface area contributed by atoms with Crippen LogP contribution >= 0.6 is 0 Å². The number of methoxy groups -OCH3 is 1. The third kappa shape index (κ3) is 2.94. The quantitative estimate of drug-likeness (QED) is 0.650. The van der Waals surface area contributed by atoms with Gasteiger partial charge in [-0.2, -0.15) is 5.10 Å². The molecule has 0 fully saturated rings. The van der Waals surface area contributed by atoms with Crippen LogP contribution in [0.2, 0.25) is 0 Å². The molecule has 0 amide bonds. The van der Waals surface area contributed by atoms with E-state index >= 15 is 0 Å². The maximum Gasteiger partial charge on any atom is 0.187 e.